The molecule has 4 rings (SSSR count). The van der Waals surface area contributed by atoms with Gasteiger partial charge in [0.2, 0.25) is 0 Å². The summed E-state index contributed by atoms with van der Waals surface area (Å²) in [5, 5.41) is 8.95. The Kier molecular flexibility index (Phi) is 3.56. The number of hydrogen-bond acceptors (Lipinski definition) is 3. The van der Waals surface area contributed by atoms with E-state index in [4.69, 9.17) is 16.7 Å². The fraction of sp³-hybridized carbons (Fsp3) is 0.294. The van der Waals surface area contributed by atoms with Crippen molar-refractivity contribution >= 4 is 17.2 Å². The van der Waals surface area contributed by atoms with Gasteiger partial charge in [-0.2, -0.15) is 5.10 Å². The van der Waals surface area contributed by atoms with E-state index in [0.29, 0.717) is 5.92 Å². The Morgan fingerprint density at radius 1 is 1.23 bits per heavy atom. The molecule has 3 heterocycles. The SMILES string of the molecule is Clc1cccc(-c2cc3nccc(C4CCCNC4)n3n2)c1. The predicted molar refractivity (Wildman–Crippen MR) is 88.3 cm³/mol. The van der Waals surface area contributed by atoms with E-state index < -0.39 is 0 Å². The maximum Gasteiger partial charge on any atom is 0.155 e. The molecule has 4 nitrogen and oxygen atoms in total. The van der Waals surface area contributed by atoms with Crippen molar-refractivity contribution < 1.29 is 0 Å². The molecule has 0 spiro atoms. The first-order valence-electron chi connectivity index (χ1n) is 7.62. The van der Waals surface area contributed by atoms with Crippen LogP contribution in [0.1, 0.15) is 24.5 Å². The number of nitrogens with one attached hydrogen (secondary N) is 1. The highest BCUT2D eigenvalue weighted by Gasteiger charge is 2.19. The van der Waals surface area contributed by atoms with Gasteiger partial charge in [-0.25, -0.2) is 9.50 Å². The van der Waals surface area contributed by atoms with Gasteiger partial charge in [-0.15, -0.1) is 0 Å². The van der Waals surface area contributed by atoms with Gasteiger partial charge in [-0.3, -0.25) is 0 Å². The van der Waals surface area contributed by atoms with Crippen LogP contribution in [0.4, 0.5) is 0 Å². The number of nitrogens with zero attached hydrogens (tertiary/aromatic N) is 3. The number of rotatable bonds is 2. The third-order valence-corrected chi connectivity index (χ3v) is 4.46. The lowest BCUT2D eigenvalue weighted by atomic mass is 9.96. The molecule has 0 aliphatic carbocycles. The van der Waals surface area contributed by atoms with Crippen molar-refractivity contribution in [3.8, 4) is 11.3 Å². The Labute approximate surface area is 134 Å². The normalized spacial score (nSPS) is 18.7. The van der Waals surface area contributed by atoms with Gasteiger partial charge in [-0.1, -0.05) is 23.7 Å². The lowest BCUT2D eigenvalue weighted by Crippen LogP contribution is -2.29. The molecule has 5 heteroatoms. The molecule has 0 radical (unpaired) electrons. The topological polar surface area (TPSA) is 42.2 Å². The third-order valence-electron chi connectivity index (χ3n) is 4.22. The lowest BCUT2D eigenvalue weighted by molar-refractivity contribution is 0.448. The molecule has 3 aromatic rings. The maximum atomic E-state index is 6.09. The fourth-order valence-corrected chi connectivity index (χ4v) is 3.31. The van der Waals surface area contributed by atoms with E-state index in [9.17, 15) is 0 Å². The Hall–Kier alpha value is -1.91. The summed E-state index contributed by atoms with van der Waals surface area (Å²) in [4.78, 5) is 4.45. The van der Waals surface area contributed by atoms with E-state index in [2.05, 4.69) is 16.4 Å². The summed E-state index contributed by atoms with van der Waals surface area (Å²) >= 11 is 6.09. The molecule has 1 aliphatic rings. The first-order valence-corrected chi connectivity index (χ1v) is 8.00. The molecule has 1 unspecified atom stereocenters. The zero-order valence-corrected chi connectivity index (χ0v) is 12.9. The van der Waals surface area contributed by atoms with Crippen LogP contribution in [0.15, 0.2) is 42.6 Å². The molecule has 0 amide bonds. The Morgan fingerprint density at radius 2 is 2.18 bits per heavy atom. The van der Waals surface area contributed by atoms with Crippen LogP contribution in [0.25, 0.3) is 16.9 Å². The van der Waals surface area contributed by atoms with Crippen LogP contribution in [0, 0.1) is 0 Å². The average molecular weight is 313 g/mol. The monoisotopic (exact) mass is 312 g/mol. The number of fused-ring (bicyclic) bond motifs is 1. The number of halogens is 1. The van der Waals surface area contributed by atoms with E-state index >= 15 is 0 Å². The summed E-state index contributed by atoms with van der Waals surface area (Å²) in [6, 6.07) is 11.9. The van der Waals surface area contributed by atoms with Crippen LogP contribution in [0.2, 0.25) is 5.02 Å². The Morgan fingerprint density at radius 3 is 3.00 bits per heavy atom. The highest BCUT2D eigenvalue weighted by molar-refractivity contribution is 6.30. The lowest BCUT2D eigenvalue weighted by Gasteiger charge is -2.23. The van der Waals surface area contributed by atoms with Gasteiger partial charge >= 0.3 is 0 Å². The smallest absolute Gasteiger partial charge is 0.155 e. The second-order valence-electron chi connectivity index (χ2n) is 5.72. The number of aromatic nitrogens is 3. The summed E-state index contributed by atoms with van der Waals surface area (Å²) in [5.41, 5.74) is 4.04. The first kappa shape index (κ1) is 13.7. The van der Waals surface area contributed by atoms with E-state index in [1.165, 1.54) is 18.5 Å². The third kappa shape index (κ3) is 2.49. The van der Waals surface area contributed by atoms with Gasteiger partial charge in [0.1, 0.15) is 0 Å². The highest BCUT2D eigenvalue weighted by atomic mass is 35.5. The minimum absolute atomic E-state index is 0.492. The highest BCUT2D eigenvalue weighted by Crippen LogP contribution is 2.26. The standard InChI is InChI=1S/C17H17ClN4/c18-14-5-1-3-12(9-14)15-10-17-20-8-6-16(22(17)21-15)13-4-2-7-19-11-13/h1,3,5-6,8-10,13,19H,2,4,7,11H2. The molecule has 112 valence electrons. The van der Waals surface area contributed by atoms with E-state index in [1.807, 2.05) is 41.0 Å². The van der Waals surface area contributed by atoms with Gasteiger partial charge in [0, 0.05) is 35.3 Å². The molecular weight excluding hydrogens is 296 g/mol. The molecule has 1 saturated heterocycles. The van der Waals surface area contributed by atoms with E-state index in [-0.39, 0.29) is 0 Å². The molecule has 1 N–H and O–H groups in total. The van der Waals surface area contributed by atoms with Crippen molar-refractivity contribution in [1.82, 2.24) is 19.9 Å². The van der Waals surface area contributed by atoms with Crippen LogP contribution in [-0.4, -0.2) is 27.7 Å². The summed E-state index contributed by atoms with van der Waals surface area (Å²) in [6.45, 7) is 2.11. The van der Waals surface area contributed by atoms with Gasteiger partial charge in [-0.05, 0) is 37.6 Å². The Bertz CT molecular complexity index is 805. The van der Waals surface area contributed by atoms with Gasteiger partial charge in [0.25, 0.3) is 0 Å². The minimum atomic E-state index is 0.492. The molecule has 1 aliphatic heterocycles. The van der Waals surface area contributed by atoms with Crippen LogP contribution in [-0.2, 0) is 0 Å². The van der Waals surface area contributed by atoms with Gasteiger partial charge in [0.15, 0.2) is 5.65 Å². The van der Waals surface area contributed by atoms with Crippen LogP contribution < -0.4 is 5.32 Å². The van der Waals surface area contributed by atoms with E-state index in [0.717, 1.165) is 35.0 Å². The molecule has 0 bridgehead atoms. The van der Waals surface area contributed by atoms with Gasteiger partial charge < -0.3 is 5.32 Å². The van der Waals surface area contributed by atoms with Gasteiger partial charge in [0.05, 0.1) is 11.4 Å². The predicted octanol–water partition coefficient (Wildman–Crippen LogP) is 3.52. The molecule has 2 aromatic heterocycles. The minimum Gasteiger partial charge on any atom is -0.316 e. The average Bonchev–Trinajstić information content (AvgIpc) is 3.00. The second kappa shape index (κ2) is 5.71. The summed E-state index contributed by atoms with van der Waals surface area (Å²) in [6.07, 6.45) is 4.28. The molecule has 1 fully saturated rings. The number of hydrogen-bond donors (Lipinski definition) is 1. The molecule has 1 atom stereocenters. The maximum absolute atomic E-state index is 6.09. The van der Waals surface area contributed by atoms with Crippen molar-refractivity contribution in [1.29, 1.82) is 0 Å². The molecule has 0 saturated carbocycles. The van der Waals surface area contributed by atoms with E-state index in [1.54, 1.807) is 0 Å². The first-order chi connectivity index (χ1) is 10.8. The second-order valence-corrected chi connectivity index (χ2v) is 6.16. The van der Waals surface area contributed by atoms with Crippen molar-refractivity contribution in [3.63, 3.8) is 0 Å². The van der Waals surface area contributed by atoms with Crippen molar-refractivity contribution in [2.24, 2.45) is 0 Å². The summed E-state index contributed by atoms with van der Waals surface area (Å²) in [7, 11) is 0. The Balaban J connectivity index is 1.80. The zero-order valence-electron chi connectivity index (χ0n) is 12.2. The van der Waals surface area contributed by atoms with Crippen LogP contribution in [0.3, 0.4) is 0 Å². The van der Waals surface area contributed by atoms with Crippen LogP contribution >= 0.6 is 11.6 Å². The van der Waals surface area contributed by atoms with Crippen LogP contribution in [0.5, 0.6) is 0 Å². The number of piperidine rings is 1. The van der Waals surface area contributed by atoms with Crippen molar-refractivity contribution in [2.75, 3.05) is 13.1 Å². The number of benzene rings is 1. The molecule has 1 aromatic carbocycles. The summed E-state index contributed by atoms with van der Waals surface area (Å²) in [5.74, 6) is 0.492. The zero-order chi connectivity index (χ0) is 14.9. The molecular formula is C17H17ClN4. The molecule has 22 heavy (non-hydrogen) atoms. The quantitative estimate of drug-likeness (QED) is 0.787. The van der Waals surface area contributed by atoms with Crippen molar-refractivity contribution in [3.05, 3.63) is 53.3 Å². The van der Waals surface area contributed by atoms with Crippen molar-refractivity contribution in [2.45, 2.75) is 18.8 Å². The summed E-state index contributed by atoms with van der Waals surface area (Å²) < 4.78 is 1.98. The largest absolute Gasteiger partial charge is 0.316 e. The fourth-order valence-electron chi connectivity index (χ4n) is 3.12.